The highest BCUT2D eigenvalue weighted by Crippen LogP contribution is 2.43. The van der Waals surface area contributed by atoms with Crippen LogP contribution in [-0.4, -0.2) is 39.5 Å². The van der Waals surface area contributed by atoms with Crippen LogP contribution >= 0.6 is 0 Å². The number of urea groups is 1. The quantitative estimate of drug-likeness (QED) is 0.605. The Labute approximate surface area is 93.4 Å². The van der Waals surface area contributed by atoms with Gasteiger partial charge >= 0.3 is 6.03 Å². The highest BCUT2D eigenvalue weighted by molar-refractivity contribution is 5.80. The van der Waals surface area contributed by atoms with Crippen molar-refractivity contribution in [3.05, 3.63) is 0 Å². The van der Waals surface area contributed by atoms with Crippen molar-refractivity contribution in [2.45, 2.75) is 65.1 Å². The largest absolute Gasteiger partial charge is 0.321 e. The van der Waals surface area contributed by atoms with Gasteiger partial charge in [-0.1, -0.05) is 0 Å². The zero-order valence-electron chi connectivity index (χ0n) is 11.3. The molecule has 0 saturated carbocycles. The van der Waals surface area contributed by atoms with E-state index in [1.54, 1.807) is 0 Å². The van der Waals surface area contributed by atoms with Crippen molar-refractivity contribution in [3.8, 4) is 0 Å². The zero-order chi connectivity index (χ0) is 12.2. The summed E-state index contributed by atoms with van der Waals surface area (Å²) in [6, 6.07) is 0.123. The van der Waals surface area contributed by atoms with E-state index < -0.39 is 0 Å². The molecule has 3 nitrogen and oxygen atoms in total. The van der Waals surface area contributed by atoms with Crippen molar-refractivity contribution in [3.63, 3.8) is 0 Å². The van der Waals surface area contributed by atoms with E-state index in [-0.39, 0.29) is 22.6 Å². The topological polar surface area (TPSA) is 23.6 Å². The van der Waals surface area contributed by atoms with Crippen molar-refractivity contribution >= 4 is 6.03 Å². The molecular formula is C12H24N2O. The van der Waals surface area contributed by atoms with Crippen LogP contribution in [-0.2, 0) is 0 Å². The van der Waals surface area contributed by atoms with Gasteiger partial charge in [-0.2, -0.15) is 0 Å². The zero-order valence-corrected chi connectivity index (χ0v) is 11.3. The van der Waals surface area contributed by atoms with Gasteiger partial charge in [0.2, 0.25) is 0 Å². The Hall–Kier alpha value is -0.730. The third-order valence-electron chi connectivity index (χ3n) is 4.04. The van der Waals surface area contributed by atoms with E-state index in [0.29, 0.717) is 0 Å². The molecule has 1 aliphatic rings. The normalized spacial score (nSPS) is 24.9. The number of rotatable bonds is 0. The van der Waals surface area contributed by atoms with E-state index in [9.17, 15) is 4.79 Å². The van der Waals surface area contributed by atoms with Gasteiger partial charge in [0.15, 0.2) is 0 Å². The van der Waals surface area contributed by atoms with Gasteiger partial charge in [0, 0.05) is 12.6 Å². The predicted molar refractivity (Wildman–Crippen MR) is 62.9 cm³/mol. The lowest BCUT2D eigenvalue weighted by Crippen LogP contribution is -2.58. The van der Waals surface area contributed by atoms with Gasteiger partial charge in [0.1, 0.15) is 0 Å². The van der Waals surface area contributed by atoms with Crippen molar-refractivity contribution in [1.82, 2.24) is 9.80 Å². The lowest BCUT2D eigenvalue weighted by atomic mass is 9.81. The maximum Gasteiger partial charge on any atom is 0.321 e. The van der Waals surface area contributed by atoms with Crippen LogP contribution in [0.2, 0.25) is 0 Å². The van der Waals surface area contributed by atoms with E-state index in [1.807, 2.05) is 16.8 Å². The number of hydrogen-bond acceptors (Lipinski definition) is 1. The Morgan fingerprint density at radius 1 is 1.00 bits per heavy atom. The average Bonchev–Trinajstić information content (AvgIpc) is 2.08. The standard InChI is InChI=1S/C12H24N2O/c1-10(2,3)14-9(15)13(8)11(4,5)12(14,6)7/h1-8H3. The fourth-order valence-electron chi connectivity index (χ4n) is 2.44. The molecule has 1 saturated heterocycles. The van der Waals surface area contributed by atoms with Crippen molar-refractivity contribution in [2.24, 2.45) is 0 Å². The van der Waals surface area contributed by atoms with Crippen LogP contribution in [0, 0.1) is 0 Å². The predicted octanol–water partition coefficient (Wildman–Crippen LogP) is 2.71. The van der Waals surface area contributed by atoms with Crippen LogP contribution in [0.5, 0.6) is 0 Å². The Morgan fingerprint density at radius 3 is 1.53 bits per heavy atom. The van der Waals surface area contributed by atoms with Gasteiger partial charge < -0.3 is 9.80 Å². The minimum Gasteiger partial charge on any atom is -0.320 e. The Balaban J connectivity index is 3.28. The molecule has 1 rings (SSSR count). The van der Waals surface area contributed by atoms with Crippen molar-refractivity contribution in [1.29, 1.82) is 0 Å². The van der Waals surface area contributed by atoms with Crippen LogP contribution < -0.4 is 0 Å². The first kappa shape index (κ1) is 12.3. The number of hydrogen-bond donors (Lipinski definition) is 0. The van der Waals surface area contributed by atoms with E-state index in [4.69, 9.17) is 0 Å². The molecule has 1 fully saturated rings. The van der Waals surface area contributed by atoms with Crippen molar-refractivity contribution in [2.75, 3.05) is 7.05 Å². The second kappa shape index (κ2) is 2.89. The first-order chi connectivity index (χ1) is 6.44. The van der Waals surface area contributed by atoms with E-state index in [2.05, 4.69) is 48.5 Å². The maximum absolute atomic E-state index is 12.2. The van der Waals surface area contributed by atoms with Gasteiger partial charge in [-0.05, 0) is 48.5 Å². The molecule has 0 radical (unpaired) electrons. The smallest absolute Gasteiger partial charge is 0.320 e. The molecule has 3 heteroatoms. The molecule has 0 N–H and O–H groups in total. The fraction of sp³-hybridized carbons (Fsp3) is 0.917. The van der Waals surface area contributed by atoms with Gasteiger partial charge in [0.05, 0.1) is 11.1 Å². The Bertz CT molecular complexity index is 286. The van der Waals surface area contributed by atoms with Crippen LogP contribution in [0.3, 0.4) is 0 Å². The third-order valence-corrected chi connectivity index (χ3v) is 4.04. The summed E-state index contributed by atoms with van der Waals surface area (Å²) in [4.78, 5) is 16.1. The maximum atomic E-state index is 12.2. The summed E-state index contributed by atoms with van der Waals surface area (Å²) in [5.74, 6) is 0. The van der Waals surface area contributed by atoms with E-state index in [1.165, 1.54) is 0 Å². The van der Waals surface area contributed by atoms with Crippen LogP contribution in [0.25, 0.3) is 0 Å². The molecule has 1 aliphatic heterocycles. The molecule has 15 heavy (non-hydrogen) atoms. The summed E-state index contributed by atoms with van der Waals surface area (Å²) < 4.78 is 0. The summed E-state index contributed by atoms with van der Waals surface area (Å²) in [5.41, 5.74) is -0.433. The molecule has 0 aromatic rings. The summed E-state index contributed by atoms with van der Waals surface area (Å²) in [6.45, 7) is 14.8. The minimum absolute atomic E-state index is 0.123. The molecule has 1 heterocycles. The van der Waals surface area contributed by atoms with Gasteiger partial charge in [0.25, 0.3) is 0 Å². The lowest BCUT2D eigenvalue weighted by molar-refractivity contribution is 0.0595. The molecule has 0 bridgehead atoms. The molecule has 88 valence electrons. The van der Waals surface area contributed by atoms with Crippen LogP contribution in [0.15, 0.2) is 0 Å². The second-order valence-electron chi connectivity index (χ2n) is 6.47. The SMILES string of the molecule is CN1C(=O)N(C(C)(C)C)C(C)(C)C1(C)C. The van der Waals surface area contributed by atoms with E-state index >= 15 is 0 Å². The van der Waals surface area contributed by atoms with Crippen molar-refractivity contribution < 1.29 is 4.79 Å². The molecular weight excluding hydrogens is 188 g/mol. The lowest BCUT2D eigenvalue weighted by Gasteiger charge is -2.46. The first-order valence-corrected chi connectivity index (χ1v) is 5.52. The summed E-state index contributed by atoms with van der Waals surface area (Å²) >= 11 is 0. The molecule has 0 atom stereocenters. The van der Waals surface area contributed by atoms with Crippen LogP contribution in [0.4, 0.5) is 4.79 Å². The summed E-state index contributed by atoms with van der Waals surface area (Å²) in [6.07, 6.45) is 0. The monoisotopic (exact) mass is 212 g/mol. The first-order valence-electron chi connectivity index (χ1n) is 5.52. The molecule has 0 aromatic heterocycles. The van der Waals surface area contributed by atoms with Gasteiger partial charge in [-0.3, -0.25) is 0 Å². The highest BCUT2D eigenvalue weighted by Gasteiger charge is 2.58. The second-order valence-corrected chi connectivity index (χ2v) is 6.47. The molecule has 0 unspecified atom stereocenters. The molecule has 0 aliphatic carbocycles. The highest BCUT2D eigenvalue weighted by atomic mass is 16.2. The minimum atomic E-state index is -0.156. The Kier molecular flexibility index (Phi) is 2.38. The Morgan fingerprint density at radius 2 is 1.40 bits per heavy atom. The summed E-state index contributed by atoms with van der Waals surface area (Å²) in [5, 5.41) is 0. The number of carbonyl (C=O) groups is 1. The molecule has 0 aromatic carbocycles. The fourth-order valence-corrected chi connectivity index (χ4v) is 2.44. The van der Waals surface area contributed by atoms with Crippen LogP contribution in [0.1, 0.15) is 48.5 Å². The average molecular weight is 212 g/mol. The number of likely N-dealkylation sites (N-methyl/N-ethyl adjacent to an activating group) is 1. The molecule has 0 spiro atoms. The van der Waals surface area contributed by atoms with Gasteiger partial charge in [-0.15, -0.1) is 0 Å². The number of carbonyl (C=O) groups excluding carboxylic acids is 1. The number of nitrogens with zero attached hydrogens (tertiary/aromatic N) is 2. The third kappa shape index (κ3) is 1.44. The number of amides is 2. The summed E-state index contributed by atoms with van der Waals surface area (Å²) in [7, 11) is 1.88. The molecule has 2 amide bonds. The van der Waals surface area contributed by atoms with Gasteiger partial charge in [-0.25, -0.2) is 4.79 Å². The van der Waals surface area contributed by atoms with E-state index in [0.717, 1.165) is 0 Å².